The van der Waals surface area contributed by atoms with Gasteiger partial charge in [-0.1, -0.05) is 23.7 Å². The van der Waals surface area contributed by atoms with Crippen molar-refractivity contribution >= 4 is 28.5 Å². The SMILES string of the molecule is CC(C)(C)OC(=O)CCOCCNCc1cc(F)cc2c1ccn2Cc1ccc(Cl)cc1. The molecule has 7 heteroatoms. The largest absolute Gasteiger partial charge is 0.460 e. The number of ether oxygens (including phenoxy) is 2. The number of fused-ring (bicyclic) bond motifs is 1. The molecule has 1 N–H and O–H groups in total. The fraction of sp³-hybridized carbons (Fsp3) is 0.400. The van der Waals surface area contributed by atoms with Crippen molar-refractivity contribution in [3.63, 3.8) is 0 Å². The number of rotatable bonds is 10. The molecule has 0 radical (unpaired) electrons. The lowest BCUT2D eigenvalue weighted by atomic mass is 10.1. The molecule has 2 aromatic carbocycles. The fourth-order valence-electron chi connectivity index (χ4n) is 3.42. The Kier molecular flexibility index (Phi) is 8.29. The quantitative estimate of drug-likeness (QED) is 0.328. The highest BCUT2D eigenvalue weighted by molar-refractivity contribution is 6.30. The van der Waals surface area contributed by atoms with Crippen molar-refractivity contribution in [1.29, 1.82) is 0 Å². The smallest absolute Gasteiger partial charge is 0.308 e. The molecule has 1 aromatic heterocycles. The van der Waals surface area contributed by atoms with E-state index in [0.29, 0.717) is 37.9 Å². The molecule has 0 unspecified atom stereocenters. The third-order valence-electron chi connectivity index (χ3n) is 4.81. The molecule has 172 valence electrons. The van der Waals surface area contributed by atoms with E-state index in [9.17, 15) is 9.18 Å². The average molecular weight is 461 g/mol. The monoisotopic (exact) mass is 460 g/mol. The molecule has 3 rings (SSSR count). The second-order valence-corrected chi connectivity index (χ2v) is 9.13. The topological polar surface area (TPSA) is 52.5 Å². The highest BCUT2D eigenvalue weighted by atomic mass is 35.5. The molecule has 0 aliphatic carbocycles. The van der Waals surface area contributed by atoms with Crippen LogP contribution in [0.25, 0.3) is 10.9 Å². The van der Waals surface area contributed by atoms with Gasteiger partial charge in [-0.25, -0.2) is 4.39 Å². The molecule has 0 saturated heterocycles. The van der Waals surface area contributed by atoms with Crippen molar-refractivity contribution in [1.82, 2.24) is 9.88 Å². The number of halogens is 2. The molecule has 1 heterocycles. The molecule has 0 spiro atoms. The highest BCUT2D eigenvalue weighted by Crippen LogP contribution is 2.23. The van der Waals surface area contributed by atoms with Crippen molar-refractivity contribution in [3.05, 3.63) is 70.6 Å². The Morgan fingerprint density at radius 2 is 1.88 bits per heavy atom. The Bertz CT molecular complexity index is 1040. The molecule has 32 heavy (non-hydrogen) atoms. The summed E-state index contributed by atoms with van der Waals surface area (Å²) in [5.41, 5.74) is 2.36. The summed E-state index contributed by atoms with van der Waals surface area (Å²) in [6.45, 7) is 8.04. The first kappa shape index (κ1) is 24.2. The Morgan fingerprint density at radius 3 is 2.59 bits per heavy atom. The lowest BCUT2D eigenvalue weighted by molar-refractivity contribution is -0.156. The van der Waals surface area contributed by atoms with Gasteiger partial charge in [0.1, 0.15) is 11.4 Å². The van der Waals surface area contributed by atoms with E-state index >= 15 is 0 Å². The normalized spacial score (nSPS) is 11.8. The van der Waals surface area contributed by atoms with E-state index in [0.717, 1.165) is 22.0 Å². The Hall–Kier alpha value is -2.41. The number of nitrogens with one attached hydrogen (secondary N) is 1. The summed E-state index contributed by atoms with van der Waals surface area (Å²) in [4.78, 5) is 11.7. The van der Waals surface area contributed by atoms with E-state index in [-0.39, 0.29) is 18.2 Å². The standard InChI is InChI=1S/C25H30ClFN2O3/c1-25(2,3)32-24(30)9-12-31-13-10-28-16-19-14-21(27)15-23-22(19)8-11-29(23)17-18-4-6-20(26)7-5-18/h4-8,11,14-15,28H,9-10,12-13,16-17H2,1-3H3. The van der Waals surface area contributed by atoms with Crippen molar-refractivity contribution in [2.24, 2.45) is 0 Å². The number of carbonyl (C=O) groups excluding carboxylic acids is 1. The number of hydrogen-bond acceptors (Lipinski definition) is 4. The lowest BCUT2D eigenvalue weighted by Crippen LogP contribution is -2.25. The minimum atomic E-state index is -0.483. The second-order valence-electron chi connectivity index (χ2n) is 8.69. The number of nitrogens with zero attached hydrogens (tertiary/aromatic N) is 1. The molecule has 0 fully saturated rings. The van der Waals surface area contributed by atoms with Crippen molar-refractivity contribution in [2.45, 2.75) is 45.9 Å². The van der Waals surface area contributed by atoms with E-state index in [1.165, 1.54) is 0 Å². The molecule has 0 amide bonds. The number of hydrogen-bond donors (Lipinski definition) is 1. The number of benzene rings is 2. The van der Waals surface area contributed by atoms with Gasteiger partial charge in [0.2, 0.25) is 0 Å². The van der Waals surface area contributed by atoms with Gasteiger partial charge in [-0.05, 0) is 62.2 Å². The molecule has 0 bridgehead atoms. The molecule has 5 nitrogen and oxygen atoms in total. The van der Waals surface area contributed by atoms with Gasteiger partial charge in [0.15, 0.2) is 0 Å². The molecule has 0 aliphatic heterocycles. The van der Waals surface area contributed by atoms with Crippen LogP contribution in [0.15, 0.2) is 48.7 Å². The second kappa shape index (κ2) is 10.9. The maximum atomic E-state index is 14.3. The zero-order valence-electron chi connectivity index (χ0n) is 18.8. The van der Waals surface area contributed by atoms with Gasteiger partial charge in [0.05, 0.1) is 25.2 Å². The summed E-state index contributed by atoms with van der Waals surface area (Å²) in [6, 6.07) is 12.8. The summed E-state index contributed by atoms with van der Waals surface area (Å²) in [5, 5.41) is 4.99. The van der Waals surface area contributed by atoms with Crippen LogP contribution in [0.3, 0.4) is 0 Å². The zero-order chi connectivity index (χ0) is 23.1. The first-order valence-corrected chi connectivity index (χ1v) is 11.1. The lowest BCUT2D eigenvalue weighted by Gasteiger charge is -2.19. The van der Waals surface area contributed by atoms with Gasteiger partial charge in [-0.3, -0.25) is 4.79 Å². The minimum absolute atomic E-state index is 0.225. The zero-order valence-corrected chi connectivity index (χ0v) is 19.5. The number of carbonyl (C=O) groups is 1. The molecular weight excluding hydrogens is 431 g/mol. The van der Waals surface area contributed by atoms with Crippen LogP contribution >= 0.6 is 11.6 Å². The van der Waals surface area contributed by atoms with Gasteiger partial charge in [-0.15, -0.1) is 0 Å². The van der Waals surface area contributed by atoms with Gasteiger partial charge < -0.3 is 19.4 Å². The maximum absolute atomic E-state index is 14.3. The van der Waals surface area contributed by atoms with Crippen LogP contribution in [-0.4, -0.2) is 35.9 Å². The first-order valence-electron chi connectivity index (χ1n) is 10.7. The van der Waals surface area contributed by atoms with Crippen LogP contribution in [0.1, 0.15) is 38.3 Å². The predicted molar refractivity (Wildman–Crippen MR) is 125 cm³/mol. The van der Waals surface area contributed by atoms with Gasteiger partial charge in [0, 0.05) is 36.2 Å². The predicted octanol–water partition coefficient (Wildman–Crippen LogP) is 5.32. The first-order chi connectivity index (χ1) is 15.2. The highest BCUT2D eigenvalue weighted by Gasteiger charge is 2.15. The summed E-state index contributed by atoms with van der Waals surface area (Å²) >= 11 is 5.96. The van der Waals surface area contributed by atoms with Crippen LogP contribution in [0.5, 0.6) is 0 Å². The van der Waals surface area contributed by atoms with E-state index in [2.05, 4.69) is 5.32 Å². The van der Waals surface area contributed by atoms with Gasteiger partial charge >= 0.3 is 5.97 Å². The third kappa shape index (κ3) is 7.33. The summed E-state index contributed by atoms with van der Waals surface area (Å²) in [5.74, 6) is -0.533. The van der Waals surface area contributed by atoms with Gasteiger partial charge in [0.25, 0.3) is 0 Å². The van der Waals surface area contributed by atoms with Crippen molar-refractivity contribution in [3.8, 4) is 0 Å². The molecular formula is C25H30ClFN2O3. The fourth-order valence-corrected chi connectivity index (χ4v) is 3.55. The minimum Gasteiger partial charge on any atom is -0.460 e. The molecule has 0 atom stereocenters. The maximum Gasteiger partial charge on any atom is 0.308 e. The van der Waals surface area contributed by atoms with Crippen molar-refractivity contribution in [2.75, 3.05) is 19.8 Å². The average Bonchev–Trinajstić information content (AvgIpc) is 3.10. The molecule has 0 saturated carbocycles. The Morgan fingerprint density at radius 1 is 1.12 bits per heavy atom. The van der Waals surface area contributed by atoms with E-state index in [1.807, 2.05) is 61.9 Å². The van der Waals surface area contributed by atoms with Gasteiger partial charge in [-0.2, -0.15) is 0 Å². The Balaban J connectivity index is 1.49. The van der Waals surface area contributed by atoms with Crippen LogP contribution in [0.4, 0.5) is 4.39 Å². The third-order valence-corrected chi connectivity index (χ3v) is 5.07. The Labute approximate surface area is 193 Å². The summed E-state index contributed by atoms with van der Waals surface area (Å²) < 4.78 is 27.1. The summed E-state index contributed by atoms with van der Waals surface area (Å²) in [6.07, 6.45) is 2.20. The van der Waals surface area contributed by atoms with Crippen LogP contribution in [0, 0.1) is 5.82 Å². The van der Waals surface area contributed by atoms with E-state index in [4.69, 9.17) is 21.1 Å². The molecule has 3 aromatic rings. The van der Waals surface area contributed by atoms with E-state index < -0.39 is 5.60 Å². The summed E-state index contributed by atoms with van der Waals surface area (Å²) in [7, 11) is 0. The molecule has 0 aliphatic rings. The number of esters is 1. The number of aromatic nitrogens is 1. The van der Waals surface area contributed by atoms with E-state index in [1.54, 1.807) is 12.1 Å². The van der Waals surface area contributed by atoms with Crippen LogP contribution < -0.4 is 5.32 Å². The van der Waals surface area contributed by atoms with Crippen LogP contribution in [-0.2, 0) is 27.4 Å². The van der Waals surface area contributed by atoms with Crippen molar-refractivity contribution < 1.29 is 18.7 Å². The van der Waals surface area contributed by atoms with Crippen LogP contribution in [0.2, 0.25) is 5.02 Å².